The molecule has 0 unspecified atom stereocenters. The predicted octanol–water partition coefficient (Wildman–Crippen LogP) is 4.86. The zero-order valence-electron chi connectivity index (χ0n) is 15.6. The number of carbonyl (C=O) groups excluding carboxylic acids is 1. The fraction of sp³-hybridized carbons (Fsp3) is 0.136. The van der Waals surface area contributed by atoms with E-state index in [9.17, 15) is 4.79 Å². The van der Waals surface area contributed by atoms with Gasteiger partial charge in [0.05, 0.1) is 23.9 Å². The van der Waals surface area contributed by atoms with Gasteiger partial charge in [-0.25, -0.2) is 4.98 Å². The van der Waals surface area contributed by atoms with Crippen molar-refractivity contribution < 1.29 is 9.53 Å². The van der Waals surface area contributed by atoms with Crippen LogP contribution in [0, 0.1) is 6.92 Å². The van der Waals surface area contributed by atoms with Crippen LogP contribution in [0.3, 0.4) is 0 Å². The van der Waals surface area contributed by atoms with Gasteiger partial charge in [0.25, 0.3) is 5.91 Å². The first-order valence-electron chi connectivity index (χ1n) is 8.86. The number of hydrogen-bond acceptors (Lipinski definition) is 5. The molecule has 6 heteroatoms. The average molecular weight is 389 g/mol. The molecule has 0 radical (unpaired) electrons. The van der Waals surface area contributed by atoms with Crippen molar-refractivity contribution in [2.24, 2.45) is 0 Å². The summed E-state index contributed by atoms with van der Waals surface area (Å²) in [5.74, 6) is 0.659. The van der Waals surface area contributed by atoms with E-state index in [1.165, 1.54) is 11.3 Å². The van der Waals surface area contributed by atoms with Crippen molar-refractivity contribution in [1.82, 2.24) is 9.97 Å². The molecule has 0 bridgehead atoms. The van der Waals surface area contributed by atoms with E-state index in [4.69, 9.17) is 9.72 Å². The van der Waals surface area contributed by atoms with Crippen LogP contribution in [0.2, 0.25) is 0 Å². The van der Waals surface area contributed by atoms with Crippen LogP contribution in [0.5, 0.6) is 5.75 Å². The highest BCUT2D eigenvalue weighted by atomic mass is 32.1. The van der Waals surface area contributed by atoms with Crippen LogP contribution < -0.4 is 9.64 Å². The minimum absolute atomic E-state index is 0.0847. The fourth-order valence-electron chi connectivity index (χ4n) is 2.97. The molecule has 0 spiro atoms. The number of anilines is 1. The van der Waals surface area contributed by atoms with Gasteiger partial charge in [-0.2, -0.15) is 0 Å². The van der Waals surface area contributed by atoms with Crippen molar-refractivity contribution in [3.8, 4) is 5.75 Å². The molecule has 0 aliphatic rings. The summed E-state index contributed by atoms with van der Waals surface area (Å²) < 4.78 is 6.30. The Balaban J connectivity index is 1.77. The molecule has 0 atom stereocenters. The molecular weight excluding hydrogens is 370 g/mol. The average Bonchev–Trinajstić information content (AvgIpc) is 3.15. The van der Waals surface area contributed by atoms with Gasteiger partial charge in [-0.15, -0.1) is 0 Å². The van der Waals surface area contributed by atoms with Gasteiger partial charge in [0, 0.05) is 24.0 Å². The van der Waals surface area contributed by atoms with Crippen LogP contribution in [0.1, 0.15) is 21.5 Å². The summed E-state index contributed by atoms with van der Waals surface area (Å²) in [7, 11) is 1.63. The second-order valence-corrected chi connectivity index (χ2v) is 7.46. The summed E-state index contributed by atoms with van der Waals surface area (Å²) in [4.78, 5) is 23.9. The minimum atomic E-state index is -0.0847. The lowest BCUT2D eigenvalue weighted by Crippen LogP contribution is -2.30. The van der Waals surface area contributed by atoms with Gasteiger partial charge in [-0.05, 0) is 42.8 Å². The smallest absolute Gasteiger partial charge is 0.260 e. The number of aromatic nitrogens is 2. The lowest BCUT2D eigenvalue weighted by molar-refractivity contribution is 0.0985. The Kier molecular flexibility index (Phi) is 5.04. The molecule has 140 valence electrons. The van der Waals surface area contributed by atoms with E-state index >= 15 is 0 Å². The topological polar surface area (TPSA) is 55.3 Å². The number of nitrogens with zero attached hydrogens (tertiary/aromatic N) is 3. The summed E-state index contributed by atoms with van der Waals surface area (Å²) in [6.45, 7) is 2.38. The van der Waals surface area contributed by atoms with Gasteiger partial charge in [-0.1, -0.05) is 35.1 Å². The van der Waals surface area contributed by atoms with Gasteiger partial charge in [0.1, 0.15) is 5.75 Å². The van der Waals surface area contributed by atoms with E-state index < -0.39 is 0 Å². The first-order chi connectivity index (χ1) is 13.6. The molecule has 4 rings (SSSR count). The number of methoxy groups -OCH3 is 1. The van der Waals surface area contributed by atoms with E-state index in [-0.39, 0.29) is 5.91 Å². The van der Waals surface area contributed by atoms with Crippen LogP contribution in [0.25, 0.3) is 10.2 Å². The van der Waals surface area contributed by atoms with Gasteiger partial charge >= 0.3 is 0 Å². The lowest BCUT2D eigenvalue weighted by atomic mass is 10.1. The fourth-order valence-corrected chi connectivity index (χ4v) is 3.92. The Bertz CT molecular complexity index is 1130. The summed E-state index contributed by atoms with van der Waals surface area (Å²) in [6.07, 6.45) is 3.49. The third kappa shape index (κ3) is 3.73. The summed E-state index contributed by atoms with van der Waals surface area (Å²) >= 11 is 1.49. The van der Waals surface area contributed by atoms with Crippen LogP contribution in [-0.2, 0) is 6.54 Å². The maximum atomic E-state index is 13.3. The summed E-state index contributed by atoms with van der Waals surface area (Å²) in [5, 5.41) is 0.651. The van der Waals surface area contributed by atoms with E-state index in [0.717, 1.165) is 27.1 Å². The Labute approximate surface area is 167 Å². The van der Waals surface area contributed by atoms with Crippen LogP contribution in [0.15, 0.2) is 67.0 Å². The van der Waals surface area contributed by atoms with Gasteiger partial charge in [0.15, 0.2) is 5.13 Å². The highest BCUT2D eigenvalue weighted by molar-refractivity contribution is 7.22. The van der Waals surface area contributed by atoms with Crippen molar-refractivity contribution in [2.75, 3.05) is 12.0 Å². The van der Waals surface area contributed by atoms with E-state index in [1.54, 1.807) is 24.4 Å². The third-order valence-electron chi connectivity index (χ3n) is 4.39. The normalized spacial score (nSPS) is 10.8. The van der Waals surface area contributed by atoms with E-state index in [2.05, 4.69) is 4.98 Å². The maximum absolute atomic E-state index is 13.3. The highest BCUT2D eigenvalue weighted by Gasteiger charge is 2.22. The number of amides is 1. The highest BCUT2D eigenvalue weighted by Crippen LogP contribution is 2.32. The Morgan fingerprint density at radius 2 is 2.04 bits per heavy atom. The standard InChI is InChI=1S/C22H19N3O2S/c1-15-5-3-7-17(11-15)21(26)25(14-16-6-4-10-23-13-16)22-24-19-12-18(27-2)8-9-20(19)28-22/h3-13H,14H2,1-2H3. The Morgan fingerprint density at radius 1 is 1.14 bits per heavy atom. The molecule has 5 nitrogen and oxygen atoms in total. The number of ether oxygens (including phenoxy) is 1. The molecule has 0 aliphatic heterocycles. The van der Waals surface area contributed by atoms with Crippen LogP contribution >= 0.6 is 11.3 Å². The molecule has 2 aromatic heterocycles. The minimum Gasteiger partial charge on any atom is -0.497 e. The summed E-state index contributed by atoms with van der Waals surface area (Å²) in [6, 6.07) is 17.2. The zero-order valence-corrected chi connectivity index (χ0v) is 16.4. The van der Waals surface area contributed by atoms with Crippen LogP contribution in [0.4, 0.5) is 5.13 Å². The quantitative estimate of drug-likeness (QED) is 0.489. The number of thiazole rings is 1. The molecule has 2 heterocycles. The number of hydrogen-bond donors (Lipinski definition) is 0. The summed E-state index contributed by atoms with van der Waals surface area (Å²) in [5.41, 5.74) is 3.44. The molecule has 0 saturated carbocycles. The molecule has 0 aliphatic carbocycles. The van der Waals surface area contributed by atoms with Crippen molar-refractivity contribution >= 4 is 32.6 Å². The van der Waals surface area contributed by atoms with Crippen molar-refractivity contribution in [1.29, 1.82) is 0 Å². The second kappa shape index (κ2) is 7.78. The first-order valence-corrected chi connectivity index (χ1v) is 9.68. The monoisotopic (exact) mass is 389 g/mol. The number of aryl methyl sites for hydroxylation is 1. The van der Waals surface area contributed by atoms with Gasteiger partial charge in [0.2, 0.25) is 0 Å². The third-order valence-corrected chi connectivity index (χ3v) is 5.45. The number of benzene rings is 2. The van der Waals surface area contributed by atoms with Crippen molar-refractivity contribution in [2.45, 2.75) is 13.5 Å². The largest absolute Gasteiger partial charge is 0.497 e. The Hall–Kier alpha value is -3.25. The van der Waals surface area contributed by atoms with Crippen LogP contribution in [-0.4, -0.2) is 23.0 Å². The number of rotatable bonds is 5. The molecule has 4 aromatic rings. The number of fused-ring (bicyclic) bond motifs is 1. The van der Waals surface area contributed by atoms with Gasteiger partial charge in [-0.3, -0.25) is 14.7 Å². The van der Waals surface area contributed by atoms with E-state index in [0.29, 0.717) is 17.2 Å². The molecule has 0 saturated heterocycles. The van der Waals surface area contributed by atoms with Gasteiger partial charge < -0.3 is 4.74 Å². The SMILES string of the molecule is COc1ccc2sc(N(Cc3cccnc3)C(=O)c3cccc(C)c3)nc2c1. The molecular formula is C22H19N3O2S. The molecule has 28 heavy (non-hydrogen) atoms. The molecule has 0 N–H and O–H groups in total. The Morgan fingerprint density at radius 3 is 2.79 bits per heavy atom. The van der Waals surface area contributed by atoms with Crippen molar-refractivity contribution in [3.05, 3.63) is 83.7 Å². The molecule has 1 amide bonds. The zero-order chi connectivity index (χ0) is 19.5. The molecule has 2 aromatic carbocycles. The second-order valence-electron chi connectivity index (χ2n) is 6.45. The molecule has 0 fully saturated rings. The van der Waals surface area contributed by atoms with Crippen molar-refractivity contribution in [3.63, 3.8) is 0 Å². The van der Waals surface area contributed by atoms with E-state index in [1.807, 2.05) is 61.5 Å². The lowest BCUT2D eigenvalue weighted by Gasteiger charge is -2.20. The maximum Gasteiger partial charge on any atom is 0.260 e. The predicted molar refractivity (Wildman–Crippen MR) is 112 cm³/mol. The number of carbonyl (C=O) groups is 1. The number of pyridine rings is 1. The first kappa shape index (κ1) is 18.1.